The fourth-order valence-electron chi connectivity index (χ4n) is 2.99. The first-order chi connectivity index (χ1) is 14.0. The Morgan fingerprint density at radius 3 is 2.62 bits per heavy atom. The molecule has 0 radical (unpaired) electrons. The molecule has 1 unspecified atom stereocenters. The smallest absolute Gasteiger partial charge is 0.254 e. The minimum absolute atomic E-state index is 0.217. The number of allylic oxidation sites excluding steroid dienone is 2. The van der Waals surface area contributed by atoms with Crippen molar-refractivity contribution in [3.8, 4) is 0 Å². The van der Waals surface area contributed by atoms with Crippen LogP contribution in [0, 0.1) is 0 Å². The van der Waals surface area contributed by atoms with E-state index in [9.17, 15) is 14.4 Å². The molecule has 9 heteroatoms. The van der Waals surface area contributed by atoms with Crippen molar-refractivity contribution in [3.05, 3.63) is 36.5 Å². The van der Waals surface area contributed by atoms with Gasteiger partial charge in [-0.05, 0) is 19.3 Å². The Labute approximate surface area is 195 Å². The normalized spacial score (nSPS) is 16.9. The second kappa shape index (κ2) is 15.1. The second-order valence-electron chi connectivity index (χ2n) is 6.53. The summed E-state index contributed by atoms with van der Waals surface area (Å²) in [6.45, 7) is 9.16. The van der Waals surface area contributed by atoms with Crippen molar-refractivity contribution >= 4 is 62.7 Å². The Hall–Kier alpha value is -0.780. The van der Waals surface area contributed by atoms with E-state index in [1.54, 1.807) is 33.5 Å². The van der Waals surface area contributed by atoms with Crippen LogP contribution in [-0.4, -0.2) is 72.2 Å². The van der Waals surface area contributed by atoms with Crippen molar-refractivity contribution in [1.29, 1.82) is 0 Å². The maximum Gasteiger partial charge on any atom is 0.254 e. The summed E-state index contributed by atoms with van der Waals surface area (Å²) >= 11 is 1.88. The molecule has 2 amide bonds. The number of carbonyl (C=O) groups excluding carboxylic acids is 3. The van der Waals surface area contributed by atoms with Gasteiger partial charge in [0.1, 0.15) is 23.0 Å². The zero-order valence-corrected chi connectivity index (χ0v) is 20.6. The lowest BCUT2D eigenvalue weighted by Crippen LogP contribution is -2.37. The third kappa shape index (κ3) is 8.85. The van der Waals surface area contributed by atoms with Crippen LogP contribution in [-0.2, 0) is 17.4 Å². The average Bonchev–Trinajstić information content (AvgIpc) is 3.19. The molecule has 0 aliphatic carbocycles. The number of amides is 2. The standard InChI is InChI=1S/C20H29IN2O4S2/c1-4-16(14-24)18(5-2)20(26)22(3)11-13-29-28-12-7-9-19(25)23-10-6-8-17(23)15-27-21/h4-5,14,17H,1-2,6-13,15H2,3H3/b18-16-. The van der Waals surface area contributed by atoms with Crippen molar-refractivity contribution in [1.82, 2.24) is 9.80 Å². The molecule has 0 spiro atoms. The summed E-state index contributed by atoms with van der Waals surface area (Å²) in [6, 6.07) is 0.227. The van der Waals surface area contributed by atoms with Gasteiger partial charge in [-0.2, -0.15) is 0 Å². The van der Waals surface area contributed by atoms with Crippen molar-refractivity contribution < 1.29 is 17.4 Å². The van der Waals surface area contributed by atoms with Gasteiger partial charge in [-0.15, -0.1) is 0 Å². The highest BCUT2D eigenvalue weighted by Crippen LogP contribution is 2.24. The lowest BCUT2D eigenvalue weighted by atomic mass is 10.1. The predicted molar refractivity (Wildman–Crippen MR) is 130 cm³/mol. The lowest BCUT2D eigenvalue weighted by Gasteiger charge is -2.23. The third-order valence-electron chi connectivity index (χ3n) is 4.60. The summed E-state index contributed by atoms with van der Waals surface area (Å²) in [5.74, 6) is 1.62. The molecule has 0 saturated carbocycles. The molecular formula is C20H29IN2O4S2. The van der Waals surface area contributed by atoms with Crippen LogP contribution in [0.4, 0.5) is 0 Å². The monoisotopic (exact) mass is 552 g/mol. The molecule has 0 bridgehead atoms. The fourth-order valence-corrected chi connectivity index (χ4v) is 5.53. The van der Waals surface area contributed by atoms with Crippen molar-refractivity contribution in [3.63, 3.8) is 0 Å². The molecule has 0 aromatic heterocycles. The van der Waals surface area contributed by atoms with Crippen LogP contribution in [0.2, 0.25) is 0 Å². The Morgan fingerprint density at radius 1 is 1.28 bits per heavy atom. The van der Waals surface area contributed by atoms with Gasteiger partial charge in [0.25, 0.3) is 5.91 Å². The SMILES string of the molecule is C=C/C(C=O)=C(\C=C)C(=O)N(C)CCSSCCCC(=O)N1CCCC1COI. The minimum atomic E-state index is -0.242. The summed E-state index contributed by atoms with van der Waals surface area (Å²) in [5.41, 5.74) is 0.510. The van der Waals surface area contributed by atoms with E-state index in [-0.39, 0.29) is 29.0 Å². The maximum atomic E-state index is 12.4. The molecule has 1 aliphatic heterocycles. The van der Waals surface area contributed by atoms with E-state index >= 15 is 0 Å². The maximum absolute atomic E-state index is 12.4. The zero-order valence-electron chi connectivity index (χ0n) is 16.8. The van der Waals surface area contributed by atoms with Crippen LogP contribution in [0.25, 0.3) is 0 Å². The molecule has 0 aromatic carbocycles. The molecule has 1 fully saturated rings. The number of halogens is 1. The number of carbonyl (C=O) groups is 3. The molecule has 1 atom stereocenters. The summed E-state index contributed by atoms with van der Waals surface area (Å²) < 4.78 is 5.17. The number of nitrogens with zero attached hydrogens (tertiary/aromatic N) is 2. The van der Waals surface area contributed by atoms with Gasteiger partial charge in [0.15, 0.2) is 6.29 Å². The van der Waals surface area contributed by atoms with Gasteiger partial charge in [-0.25, -0.2) is 0 Å². The Bertz CT molecular complexity index is 618. The molecule has 6 nitrogen and oxygen atoms in total. The minimum Gasteiger partial charge on any atom is -0.341 e. The van der Waals surface area contributed by atoms with Crippen molar-refractivity contribution in [2.75, 3.05) is 38.2 Å². The molecule has 0 aromatic rings. The van der Waals surface area contributed by atoms with Gasteiger partial charge in [0.05, 0.1) is 12.6 Å². The van der Waals surface area contributed by atoms with Crippen LogP contribution in [0.3, 0.4) is 0 Å². The summed E-state index contributed by atoms with van der Waals surface area (Å²) in [5, 5.41) is 0. The first-order valence-electron chi connectivity index (χ1n) is 9.47. The molecule has 162 valence electrons. The summed E-state index contributed by atoms with van der Waals surface area (Å²) in [4.78, 5) is 39.3. The van der Waals surface area contributed by atoms with E-state index in [2.05, 4.69) is 13.2 Å². The van der Waals surface area contributed by atoms with Crippen LogP contribution in [0.1, 0.15) is 25.7 Å². The van der Waals surface area contributed by atoms with Gasteiger partial charge in [-0.3, -0.25) is 14.4 Å². The van der Waals surface area contributed by atoms with Gasteiger partial charge in [0, 0.05) is 49.2 Å². The van der Waals surface area contributed by atoms with Crippen LogP contribution >= 0.6 is 44.6 Å². The molecule has 1 aliphatic rings. The lowest BCUT2D eigenvalue weighted by molar-refractivity contribution is -0.132. The first-order valence-corrected chi connectivity index (χ1v) is 12.8. The number of rotatable bonds is 14. The zero-order chi connectivity index (χ0) is 21.6. The van der Waals surface area contributed by atoms with E-state index in [1.165, 1.54) is 12.2 Å². The Balaban J connectivity index is 2.23. The second-order valence-corrected chi connectivity index (χ2v) is 9.85. The fraction of sp³-hybridized carbons (Fsp3) is 0.550. The van der Waals surface area contributed by atoms with E-state index < -0.39 is 0 Å². The van der Waals surface area contributed by atoms with Gasteiger partial charge >= 0.3 is 0 Å². The average molecular weight is 553 g/mol. The number of likely N-dealkylation sites (N-methyl/N-ethyl adjacent to an activating group) is 1. The van der Waals surface area contributed by atoms with Crippen LogP contribution < -0.4 is 0 Å². The van der Waals surface area contributed by atoms with Gasteiger partial charge < -0.3 is 12.9 Å². The number of hydrogen-bond acceptors (Lipinski definition) is 6. The van der Waals surface area contributed by atoms with Gasteiger partial charge in [-0.1, -0.05) is 46.9 Å². The molecule has 29 heavy (non-hydrogen) atoms. The summed E-state index contributed by atoms with van der Waals surface area (Å²) in [7, 11) is 5.09. The van der Waals surface area contributed by atoms with Crippen molar-refractivity contribution in [2.24, 2.45) is 0 Å². The number of likely N-dealkylation sites (tertiary alicyclic amines) is 1. The summed E-state index contributed by atoms with van der Waals surface area (Å²) in [6.07, 6.45) is 6.84. The third-order valence-corrected chi connectivity index (χ3v) is 7.43. The highest BCUT2D eigenvalue weighted by atomic mass is 127. The topological polar surface area (TPSA) is 66.9 Å². The Morgan fingerprint density at radius 2 is 2.00 bits per heavy atom. The molecule has 1 rings (SSSR count). The van der Waals surface area contributed by atoms with Gasteiger partial charge in [0.2, 0.25) is 5.91 Å². The van der Waals surface area contributed by atoms with Crippen LogP contribution in [0.5, 0.6) is 0 Å². The van der Waals surface area contributed by atoms with Crippen molar-refractivity contribution in [2.45, 2.75) is 31.7 Å². The number of aldehydes is 1. The number of hydrogen-bond donors (Lipinski definition) is 0. The molecular weight excluding hydrogens is 523 g/mol. The molecule has 1 heterocycles. The van der Waals surface area contributed by atoms with E-state index in [4.69, 9.17) is 3.07 Å². The molecule has 1 saturated heterocycles. The van der Waals surface area contributed by atoms with E-state index in [0.717, 1.165) is 37.3 Å². The predicted octanol–water partition coefficient (Wildman–Crippen LogP) is 3.83. The highest BCUT2D eigenvalue weighted by molar-refractivity contribution is 14.1. The quantitative estimate of drug-likeness (QED) is 0.0816. The largest absolute Gasteiger partial charge is 0.341 e. The highest BCUT2D eigenvalue weighted by Gasteiger charge is 2.28. The van der Waals surface area contributed by atoms with E-state index in [1.807, 2.05) is 27.9 Å². The molecule has 0 N–H and O–H groups in total. The Kier molecular flexibility index (Phi) is 13.7. The van der Waals surface area contributed by atoms with Crippen LogP contribution in [0.15, 0.2) is 36.5 Å². The van der Waals surface area contributed by atoms with E-state index in [0.29, 0.717) is 25.9 Å². The first kappa shape index (κ1) is 26.3.